The van der Waals surface area contributed by atoms with Crippen LogP contribution in [0.3, 0.4) is 0 Å². The molecule has 0 saturated carbocycles. The molecule has 0 aliphatic carbocycles. The molecular weight excluding hydrogens is 346 g/mol. The van der Waals surface area contributed by atoms with E-state index in [9.17, 15) is 14.9 Å². The van der Waals surface area contributed by atoms with E-state index in [1.807, 2.05) is 24.3 Å². The van der Waals surface area contributed by atoms with Gasteiger partial charge in [-0.3, -0.25) is 10.1 Å². The summed E-state index contributed by atoms with van der Waals surface area (Å²) in [5.74, 6) is -0.761. The first-order valence-electron chi connectivity index (χ1n) is 7.29. The molecule has 0 aliphatic heterocycles. The summed E-state index contributed by atoms with van der Waals surface area (Å²) in [6, 6.07) is 10.9. The Kier molecular flexibility index (Phi) is 4.58. The Bertz CT molecular complexity index is 991. The van der Waals surface area contributed by atoms with Crippen LogP contribution in [0, 0.1) is 17.0 Å². The number of nitro groups is 1. The molecule has 0 unspecified atom stereocenters. The Hall–Kier alpha value is -3.06. The zero-order valence-corrected chi connectivity index (χ0v) is 13.9. The van der Waals surface area contributed by atoms with Gasteiger partial charge in [-0.1, -0.05) is 23.7 Å². The smallest absolute Gasteiger partial charge is 0.340 e. The van der Waals surface area contributed by atoms with Crippen LogP contribution in [0.1, 0.15) is 21.7 Å². The van der Waals surface area contributed by atoms with Crippen molar-refractivity contribution in [1.29, 1.82) is 0 Å². The van der Waals surface area contributed by atoms with Crippen molar-refractivity contribution in [2.24, 2.45) is 0 Å². The van der Waals surface area contributed by atoms with Crippen molar-refractivity contribution in [2.75, 3.05) is 0 Å². The van der Waals surface area contributed by atoms with E-state index < -0.39 is 10.9 Å². The van der Waals surface area contributed by atoms with Crippen molar-refractivity contribution < 1.29 is 14.5 Å². The number of non-ortho nitro benzene ring substituents is 1. The number of hydrogen-bond donors (Lipinski definition) is 0. The van der Waals surface area contributed by atoms with E-state index in [4.69, 9.17) is 16.3 Å². The quantitative estimate of drug-likeness (QED) is 0.399. The van der Waals surface area contributed by atoms with Crippen LogP contribution in [-0.2, 0) is 11.3 Å². The lowest BCUT2D eigenvalue weighted by molar-refractivity contribution is -0.384. The first-order chi connectivity index (χ1) is 12.0. The molecule has 1 heterocycles. The molecule has 0 radical (unpaired) electrons. The molecule has 0 fully saturated rings. The van der Waals surface area contributed by atoms with Gasteiger partial charge in [-0.05, 0) is 25.1 Å². The standard InChI is InChI=1S/C17H12ClN3O4/c1-10-16(20-15-5-3-2-4-14(15)19-10)9-25-17(22)12-8-11(21(23)24)6-7-13(12)18/h2-8H,9H2,1H3. The first-order valence-corrected chi connectivity index (χ1v) is 7.67. The molecule has 1 aromatic heterocycles. The van der Waals surface area contributed by atoms with Gasteiger partial charge in [0.15, 0.2) is 0 Å². The lowest BCUT2D eigenvalue weighted by Crippen LogP contribution is -2.09. The highest BCUT2D eigenvalue weighted by Gasteiger charge is 2.18. The van der Waals surface area contributed by atoms with E-state index in [1.54, 1.807) is 6.92 Å². The van der Waals surface area contributed by atoms with Crippen molar-refractivity contribution in [3.8, 4) is 0 Å². The van der Waals surface area contributed by atoms with Gasteiger partial charge in [-0.15, -0.1) is 0 Å². The van der Waals surface area contributed by atoms with Gasteiger partial charge in [0.1, 0.15) is 6.61 Å². The van der Waals surface area contributed by atoms with E-state index in [1.165, 1.54) is 12.1 Å². The summed E-state index contributed by atoms with van der Waals surface area (Å²) >= 11 is 5.94. The van der Waals surface area contributed by atoms with Gasteiger partial charge >= 0.3 is 5.97 Å². The number of carbonyl (C=O) groups is 1. The van der Waals surface area contributed by atoms with Crippen LogP contribution in [0.2, 0.25) is 5.02 Å². The van der Waals surface area contributed by atoms with Crippen LogP contribution in [0.4, 0.5) is 5.69 Å². The topological polar surface area (TPSA) is 95.2 Å². The van der Waals surface area contributed by atoms with Crippen molar-refractivity contribution in [2.45, 2.75) is 13.5 Å². The van der Waals surface area contributed by atoms with Crippen molar-refractivity contribution in [1.82, 2.24) is 9.97 Å². The van der Waals surface area contributed by atoms with E-state index in [-0.39, 0.29) is 22.9 Å². The van der Waals surface area contributed by atoms with Crippen LogP contribution < -0.4 is 0 Å². The number of fused-ring (bicyclic) bond motifs is 1. The van der Waals surface area contributed by atoms with E-state index in [0.29, 0.717) is 16.9 Å². The van der Waals surface area contributed by atoms with Gasteiger partial charge in [-0.25, -0.2) is 14.8 Å². The summed E-state index contributed by atoms with van der Waals surface area (Å²) in [7, 11) is 0. The number of esters is 1. The van der Waals surface area contributed by atoms with Crippen molar-refractivity contribution in [3.05, 3.63) is 74.6 Å². The van der Waals surface area contributed by atoms with E-state index in [2.05, 4.69) is 9.97 Å². The fourth-order valence-corrected chi connectivity index (χ4v) is 2.45. The Labute approximate surface area is 147 Å². The maximum atomic E-state index is 12.2. The summed E-state index contributed by atoms with van der Waals surface area (Å²) in [5, 5.41) is 10.9. The van der Waals surface area contributed by atoms with E-state index in [0.717, 1.165) is 11.6 Å². The SMILES string of the molecule is Cc1nc2ccccc2nc1COC(=O)c1cc([N+](=O)[O-])ccc1Cl. The minimum Gasteiger partial charge on any atom is -0.455 e. The number of aromatic nitrogens is 2. The van der Waals surface area contributed by atoms with Crippen LogP contribution in [0.5, 0.6) is 0 Å². The van der Waals surface area contributed by atoms with E-state index >= 15 is 0 Å². The van der Waals surface area contributed by atoms with Gasteiger partial charge in [0.05, 0.1) is 37.9 Å². The van der Waals surface area contributed by atoms with Crippen molar-refractivity contribution in [3.63, 3.8) is 0 Å². The van der Waals surface area contributed by atoms with Gasteiger partial charge in [0.25, 0.3) is 5.69 Å². The van der Waals surface area contributed by atoms with Gasteiger partial charge in [-0.2, -0.15) is 0 Å². The minimum absolute atomic E-state index is 0.0673. The second-order valence-corrected chi connectivity index (χ2v) is 5.65. The lowest BCUT2D eigenvalue weighted by Gasteiger charge is -2.08. The highest BCUT2D eigenvalue weighted by Crippen LogP contribution is 2.23. The monoisotopic (exact) mass is 357 g/mol. The average molecular weight is 358 g/mol. The second kappa shape index (κ2) is 6.82. The summed E-state index contributed by atoms with van der Waals surface area (Å²) in [4.78, 5) is 31.3. The molecule has 0 N–H and O–H groups in total. The summed E-state index contributed by atoms with van der Waals surface area (Å²) in [6.45, 7) is 1.66. The molecule has 0 saturated heterocycles. The Morgan fingerprint density at radius 1 is 1.20 bits per heavy atom. The highest BCUT2D eigenvalue weighted by molar-refractivity contribution is 6.33. The average Bonchev–Trinajstić information content (AvgIpc) is 2.59. The van der Waals surface area contributed by atoms with Gasteiger partial charge < -0.3 is 4.74 Å². The van der Waals surface area contributed by atoms with Gasteiger partial charge in [0, 0.05) is 12.1 Å². The molecule has 8 heteroatoms. The predicted octanol–water partition coefficient (Wildman–Crippen LogP) is 3.86. The highest BCUT2D eigenvalue weighted by atomic mass is 35.5. The Morgan fingerprint density at radius 3 is 2.56 bits per heavy atom. The maximum Gasteiger partial charge on any atom is 0.340 e. The Morgan fingerprint density at radius 2 is 1.88 bits per heavy atom. The molecule has 126 valence electrons. The van der Waals surface area contributed by atoms with Gasteiger partial charge in [0.2, 0.25) is 0 Å². The first kappa shape index (κ1) is 16.8. The third-order valence-corrected chi connectivity index (χ3v) is 3.89. The molecule has 0 aliphatic rings. The number of nitrogens with zero attached hydrogens (tertiary/aromatic N) is 3. The number of rotatable bonds is 4. The predicted molar refractivity (Wildman–Crippen MR) is 91.5 cm³/mol. The normalized spacial score (nSPS) is 10.6. The molecule has 2 aromatic carbocycles. The molecule has 0 atom stereocenters. The molecule has 0 bridgehead atoms. The zero-order chi connectivity index (χ0) is 18.0. The van der Waals surface area contributed by atoms with Crippen LogP contribution in [0.25, 0.3) is 11.0 Å². The number of nitro benzene ring substituents is 1. The fraction of sp³-hybridized carbons (Fsp3) is 0.118. The Balaban J connectivity index is 1.82. The summed E-state index contributed by atoms with van der Waals surface area (Å²) < 4.78 is 5.21. The second-order valence-electron chi connectivity index (χ2n) is 5.24. The third kappa shape index (κ3) is 3.56. The number of aryl methyl sites for hydroxylation is 1. The largest absolute Gasteiger partial charge is 0.455 e. The van der Waals surface area contributed by atoms with Crippen LogP contribution >= 0.6 is 11.6 Å². The van der Waals surface area contributed by atoms with Crippen LogP contribution in [0.15, 0.2) is 42.5 Å². The summed E-state index contributed by atoms with van der Waals surface area (Å²) in [5.41, 5.74) is 2.27. The number of ether oxygens (including phenoxy) is 1. The van der Waals surface area contributed by atoms with Crippen LogP contribution in [-0.4, -0.2) is 20.9 Å². The number of para-hydroxylation sites is 2. The molecule has 25 heavy (non-hydrogen) atoms. The maximum absolute atomic E-state index is 12.2. The molecule has 0 amide bonds. The number of halogens is 1. The molecule has 3 aromatic rings. The molecular formula is C17H12ClN3O4. The fourth-order valence-electron chi connectivity index (χ4n) is 2.26. The minimum atomic E-state index is -0.761. The lowest BCUT2D eigenvalue weighted by atomic mass is 10.2. The number of carbonyl (C=O) groups excluding carboxylic acids is 1. The number of benzene rings is 2. The van der Waals surface area contributed by atoms with Crippen molar-refractivity contribution >= 4 is 34.3 Å². The molecule has 0 spiro atoms. The zero-order valence-electron chi connectivity index (χ0n) is 13.1. The summed E-state index contributed by atoms with van der Waals surface area (Å²) in [6.07, 6.45) is 0. The molecule has 3 rings (SSSR count). The third-order valence-electron chi connectivity index (χ3n) is 3.56. The molecule has 7 nitrogen and oxygen atoms in total. The number of hydrogen-bond acceptors (Lipinski definition) is 6.